The lowest BCUT2D eigenvalue weighted by atomic mass is 9.41. The minimum atomic E-state index is -0.0827. The fraction of sp³-hybridized carbons (Fsp3) is 0.591. The molecule has 25 heavy (non-hydrogen) atoms. The van der Waals surface area contributed by atoms with Gasteiger partial charge < -0.3 is 9.47 Å². The molecule has 2 saturated carbocycles. The van der Waals surface area contributed by atoms with E-state index in [1.54, 1.807) is 14.2 Å². The van der Waals surface area contributed by atoms with E-state index in [9.17, 15) is 4.79 Å². The molecular formula is C22H28O3. The molecule has 1 aromatic carbocycles. The molecule has 4 rings (SSSR count). The van der Waals surface area contributed by atoms with Crippen molar-refractivity contribution >= 4 is 5.78 Å². The van der Waals surface area contributed by atoms with E-state index in [0.717, 1.165) is 24.0 Å². The normalized spacial score (nSPS) is 35.3. The highest BCUT2D eigenvalue weighted by atomic mass is 16.5. The van der Waals surface area contributed by atoms with Crippen molar-refractivity contribution in [3.63, 3.8) is 0 Å². The van der Waals surface area contributed by atoms with Gasteiger partial charge in [0.1, 0.15) is 0 Å². The Morgan fingerprint density at radius 1 is 1.04 bits per heavy atom. The van der Waals surface area contributed by atoms with Gasteiger partial charge >= 0.3 is 0 Å². The summed E-state index contributed by atoms with van der Waals surface area (Å²) in [4.78, 5) is 13.4. The van der Waals surface area contributed by atoms with Crippen molar-refractivity contribution in [2.24, 2.45) is 16.2 Å². The molecule has 3 heteroatoms. The first kappa shape index (κ1) is 16.7. The van der Waals surface area contributed by atoms with Gasteiger partial charge in [0.2, 0.25) is 0 Å². The molecule has 1 unspecified atom stereocenters. The molecule has 0 amide bonds. The molecule has 3 atom stereocenters. The van der Waals surface area contributed by atoms with Crippen molar-refractivity contribution in [1.82, 2.24) is 0 Å². The van der Waals surface area contributed by atoms with Crippen molar-refractivity contribution in [2.45, 2.75) is 52.4 Å². The second kappa shape index (κ2) is 5.12. The van der Waals surface area contributed by atoms with E-state index in [0.29, 0.717) is 17.3 Å². The Bertz CT molecular complexity index is 775. The van der Waals surface area contributed by atoms with Crippen LogP contribution in [0.4, 0.5) is 0 Å². The molecule has 1 spiro atoms. The van der Waals surface area contributed by atoms with Crippen LogP contribution in [0.25, 0.3) is 0 Å². The predicted molar refractivity (Wildman–Crippen MR) is 98.2 cm³/mol. The number of hydrogen-bond acceptors (Lipinski definition) is 3. The SMILES string of the molecule is COc1ccc(C2C(=O)C3=CC[C@@]34C(C)(C)CCC[C@@]24C)cc1OC. The summed E-state index contributed by atoms with van der Waals surface area (Å²) in [7, 11) is 3.29. The first-order valence-electron chi connectivity index (χ1n) is 9.29. The quantitative estimate of drug-likeness (QED) is 0.785. The maximum absolute atomic E-state index is 13.4. The lowest BCUT2D eigenvalue weighted by Gasteiger charge is -2.61. The van der Waals surface area contributed by atoms with E-state index in [1.165, 1.54) is 12.8 Å². The second-order valence-electron chi connectivity index (χ2n) is 8.79. The van der Waals surface area contributed by atoms with E-state index in [4.69, 9.17) is 9.47 Å². The van der Waals surface area contributed by atoms with Gasteiger partial charge in [0, 0.05) is 5.41 Å². The Hall–Kier alpha value is -1.77. The standard InChI is InChI=1S/C22H28O3/c1-20(2)10-6-11-21(3)18(19(23)15-9-12-22(15,20)21)14-7-8-16(24-4)17(13-14)25-5/h7-9,13,18H,6,10-12H2,1-5H3/t18?,21-,22-/m0/s1. The Morgan fingerprint density at radius 3 is 2.36 bits per heavy atom. The highest BCUT2D eigenvalue weighted by Crippen LogP contribution is 2.77. The largest absolute Gasteiger partial charge is 0.493 e. The van der Waals surface area contributed by atoms with Crippen LogP contribution in [-0.2, 0) is 4.79 Å². The van der Waals surface area contributed by atoms with Crippen molar-refractivity contribution in [2.75, 3.05) is 14.2 Å². The van der Waals surface area contributed by atoms with Gasteiger partial charge in [-0.1, -0.05) is 39.3 Å². The molecule has 1 aromatic rings. The molecule has 0 heterocycles. The van der Waals surface area contributed by atoms with E-state index < -0.39 is 0 Å². The summed E-state index contributed by atoms with van der Waals surface area (Å²) in [5, 5.41) is 0. The monoisotopic (exact) mass is 340 g/mol. The number of allylic oxidation sites excluding steroid dienone is 2. The third kappa shape index (κ3) is 1.79. The molecule has 0 N–H and O–H groups in total. The van der Waals surface area contributed by atoms with Crippen LogP contribution in [0.15, 0.2) is 29.8 Å². The number of carbonyl (C=O) groups is 1. The highest BCUT2D eigenvalue weighted by Gasteiger charge is 2.72. The Labute approximate surface area is 150 Å². The van der Waals surface area contributed by atoms with Crippen molar-refractivity contribution in [1.29, 1.82) is 0 Å². The van der Waals surface area contributed by atoms with Gasteiger partial charge in [-0.15, -0.1) is 0 Å². The molecule has 0 bridgehead atoms. The van der Waals surface area contributed by atoms with Crippen LogP contribution in [0, 0.1) is 16.2 Å². The van der Waals surface area contributed by atoms with Crippen LogP contribution in [0.1, 0.15) is 57.9 Å². The minimum absolute atomic E-state index is 0.0183. The number of hydrogen-bond donors (Lipinski definition) is 0. The summed E-state index contributed by atoms with van der Waals surface area (Å²) in [6, 6.07) is 5.99. The van der Waals surface area contributed by atoms with Gasteiger partial charge in [0.25, 0.3) is 0 Å². The number of ether oxygens (including phenoxy) is 2. The minimum Gasteiger partial charge on any atom is -0.493 e. The van der Waals surface area contributed by atoms with Crippen LogP contribution in [-0.4, -0.2) is 20.0 Å². The number of Topliss-reactive ketones (excluding diaryl/α,β-unsaturated/α-hetero) is 1. The highest BCUT2D eigenvalue weighted by molar-refractivity contribution is 6.07. The van der Waals surface area contributed by atoms with E-state index in [-0.39, 0.29) is 22.2 Å². The number of methoxy groups -OCH3 is 2. The first-order valence-corrected chi connectivity index (χ1v) is 9.29. The van der Waals surface area contributed by atoms with Gasteiger partial charge in [-0.05, 0) is 53.4 Å². The van der Waals surface area contributed by atoms with Crippen LogP contribution < -0.4 is 9.47 Å². The molecule has 0 saturated heterocycles. The van der Waals surface area contributed by atoms with Gasteiger partial charge in [-0.25, -0.2) is 0 Å². The smallest absolute Gasteiger partial charge is 0.167 e. The van der Waals surface area contributed by atoms with Gasteiger partial charge in [0.05, 0.1) is 20.1 Å². The van der Waals surface area contributed by atoms with Crippen LogP contribution in [0.5, 0.6) is 11.5 Å². The molecule has 134 valence electrons. The summed E-state index contributed by atoms with van der Waals surface area (Å²) in [5.41, 5.74) is 2.35. The maximum Gasteiger partial charge on any atom is 0.167 e. The Balaban J connectivity index is 1.87. The summed E-state index contributed by atoms with van der Waals surface area (Å²) in [6.07, 6.45) is 6.73. The second-order valence-corrected chi connectivity index (χ2v) is 8.79. The molecule has 3 aliphatic rings. The molecule has 3 aliphatic carbocycles. The van der Waals surface area contributed by atoms with Crippen LogP contribution >= 0.6 is 0 Å². The topological polar surface area (TPSA) is 35.5 Å². The third-order valence-corrected chi connectivity index (χ3v) is 7.61. The first-order chi connectivity index (χ1) is 11.8. The van der Waals surface area contributed by atoms with Gasteiger partial charge in [-0.2, -0.15) is 0 Å². The van der Waals surface area contributed by atoms with Gasteiger partial charge in [0.15, 0.2) is 17.3 Å². The lowest BCUT2D eigenvalue weighted by Crippen LogP contribution is -2.54. The maximum atomic E-state index is 13.4. The molecule has 3 nitrogen and oxygen atoms in total. The number of rotatable bonds is 3. The zero-order valence-corrected chi connectivity index (χ0v) is 15.9. The number of ketones is 1. The third-order valence-electron chi connectivity index (χ3n) is 7.61. The summed E-state index contributed by atoms with van der Waals surface area (Å²) < 4.78 is 10.9. The average Bonchev–Trinajstić information content (AvgIpc) is 2.66. The Kier molecular flexibility index (Phi) is 3.42. The molecular weight excluding hydrogens is 312 g/mol. The Morgan fingerprint density at radius 2 is 1.76 bits per heavy atom. The summed E-state index contributed by atoms with van der Waals surface area (Å²) in [5.74, 6) is 1.66. The van der Waals surface area contributed by atoms with Crippen molar-refractivity contribution < 1.29 is 14.3 Å². The van der Waals surface area contributed by atoms with E-state index in [2.05, 4.69) is 32.9 Å². The summed E-state index contributed by atoms with van der Waals surface area (Å²) >= 11 is 0. The number of carbonyl (C=O) groups excluding carboxylic acids is 1. The van der Waals surface area contributed by atoms with Crippen LogP contribution in [0.2, 0.25) is 0 Å². The zero-order chi connectivity index (χ0) is 18.0. The molecule has 0 aliphatic heterocycles. The van der Waals surface area contributed by atoms with E-state index in [1.807, 2.05) is 12.1 Å². The fourth-order valence-corrected chi connectivity index (χ4v) is 6.39. The van der Waals surface area contributed by atoms with Crippen LogP contribution in [0.3, 0.4) is 0 Å². The molecule has 0 radical (unpaired) electrons. The predicted octanol–water partition coefficient (Wildman–Crippen LogP) is 4.90. The lowest BCUT2D eigenvalue weighted by molar-refractivity contribution is -0.117. The van der Waals surface area contributed by atoms with Crippen molar-refractivity contribution in [3.8, 4) is 11.5 Å². The van der Waals surface area contributed by atoms with Crippen molar-refractivity contribution in [3.05, 3.63) is 35.4 Å². The fourth-order valence-electron chi connectivity index (χ4n) is 6.39. The average molecular weight is 340 g/mol. The van der Waals surface area contributed by atoms with Gasteiger partial charge in [-0.3, -0.25) is 4.79 Å². The number of benzene rings is 1. The zero-order valence-electron chi connectivity index (χ0n) is 15.9. The molecule has 0 aromatic heterocycles. The molecule has 2 fully saturated rings. The van der Waals surface area contributed by atoms with E-state index >= 15 is 0 Å². The summed E-state index contributed by atoms with van der Waals surface area (Å²) in [6.45, 7) is 7.08.